The van der Waals surface area contributed by atoms with Gasteiger partial charge in [0.25, 0.3) is 0 Å². The van der Waals surface area contributed by atoms with E-state index in [0.717, 1.165) is 6.42 Å². The molecule has 3 heteroatoms. The van der Waals surface area contributed by atoms with Crippen LogP contribution in [0.2, 0.25) is 0 Å². The minimum Gasteiger partial charge on any atom is -0.461 e. The van der Waals surface area contributed by atoms with Crippen molar-refractivity contribution in [3.05, 3.63) is 24.2 Å². The molecule has 0 bridgehead atoms. The summed E-state index contributed by atoms with van der Waals surface area (Å²) < 4.78 is 4.97. The van der Waals surface area contributed by atoms with Crippen molar-refractivity contribution in [2.45, 2.75) is 32.7 Å². The Kier molecular flexibility index (Phi) is 4.11. The highest BCUT2D eigenvalue weighted by Crippen LogP contribution is 2.03. The van der Waals surface area contributed by atoms with Crippen molar-refractivity contribution in [3.8, 4) is 0 Å². The van der Waals surface area contributed by atoms with Crippen LogP contribution in [0.5, 0.6) is 0 Å². The Balaban J connectivity index is 2.39. The number of hydrogen-bond acceptors (Lipinski definition) is 3. The lowest BCUT2D eigenvalue weighted by molar-refractivity contribution is 0.0975. The summed E-state index contributed by atoms with van der Waals surface area (Å²) in [5, 5.41) is 0. The van der Waals surface area contributed by atoms with Gasteiger partial charge in [-0.25, -0.2) is 0 Å². The van der Waals surface area contributed by atoms with E-state index in [2.05, 4.69) is 11.9 Å². The first-order valence-corrected chi connectivity index (χ1v) is 4.82. The number of carbonyl (C=O) groups is 1. The van der Waals surface area contributed by atoms with Crippen LogP contribution in [0.4, 0.5) is 0 Å². The predicted molar refractivity (Wildman–Crippen MR) is 55.9 cm³/mol. The molecular formula is C11H15NO2. The average molecular weight is 193 g/mol. The Bertz CT molecular complexity index is 301. The standard InChI is InChI=1S/C11H15NO2/c1-3-9(2)12-7-6-10(13)11-5-4-8-14-11/h4-5,7-9H,3,6H2,1-2H3. The quantitative estimate of drug-likeness (QED) is 0.533. The molecular weight excluding hydrogens is 178 g/mol. The molecule has 1 aromatic rings. The fourth-order valence-electron chi connectivity index (χ4n) is 0.959. The zero-order valence-corrected chi connectivity index (χ0v) is 8.56. The van der Waals surface area contributed by atoms with Gasteiger partial charge in [-0.15, -0.1) is 0 Å². The summed E-state index contributed by atoms with van der Waals surface area (Å²) in [5.41, 5.74) is 0. The van der Waals surface area contributed by atoms with Gasteiger partial charge >= 0.3 is 0 Å². The lowest BCUT2D eigenvalue weighted by atomic mass is 10.2. The van der Waals surface area contributed by atoms with Crippen LogP contribution in [0, 0.1) is 0 Å². The van der Waals surface area contributed by atoms with Gasteiger partial charge in [0.2, 0.25) is 5.78 Å². The van der Waals surface area contributed by atoms with Crippen LogP contribution in [-0.2, 0) is 0 Å². The van der Waals surface area contributed by atoms with Gasteiger partial charge < -0.3 is 4.42 Å². The van der Waals surface area contributed by atoms with Crippen molar-refractivity contribution in [1.82, 2.24) is 0 Å². The molecule has 0 saturated carbocycles. The number of aliphatic imine (C=N–C) groups is 1. The zero-order chi connectivity index (χ0) is 10.4. The Labute approximate surface area is 83.8 Å². The number of ketones is 1. The fourth-order valence-corrected chi connectivity index (χ4v) is 0.959. The van der Waals surface area contributed by atoms with Crippen LogP contribution in [0.25, 0.3) is 0 Å². The Morgan fingerprint density at radius 3 is 3.07 bits per heavy atom. The molecule has 0 aromatic carbocycles. The third-order valence-corrected chi connectivity index (χ3v) is 2.02. The fraction of sp³-hybridized carbons (Fsp3) is 0.455. The zero-order valence-electron chi connectivity index (χ0n) is 8.56. The van der Waals surface area contributed by atoms with E-state index in [4.69, 9.17) is 4.42 Å². The Morgan fingerprint density at radius 1 is 1.71 bits per heavy atom. The third-order valence-electron chi connectivity index (χ3n) is 2.02. The highest BCUT2D eigenvalue weighted by Gasteiger charge is 2.06. The molecule has 1 unspecified atom stereocenters. The van der Waals surface area contributed by atoms with Gasteiger partial charge in [-0.2, -0.15) is 0 Å². The van der Waals surface area contributed by atoms with Gasteiger partial charge in [0.05, 0.1) is 6.26 Å². The molecule has 1 aromatic heterocycles. The second kappa shape index (κ2) is 5.37. The number of furan rings is 1. The minimum absolute atomic E-state index is 0.0259. The highest BCUT2D eigenvalue weighted by molar-refractivity contribution is 6.01. The molecule has 0 aliphatic heterocycles. The Morgan fingerprint density at radius 2 is 2.50 bits per heavy atom. The minimum atomic E-state index is -0.0259. The van der Waals surface area contributed by atoms with E-state index >= 15 is 0 Å². The van der Waals surface area contributed by atoms with E-state index in [9.17, 15) is 4.79 Å². The van der Waals surface area contributed by atoms with Gasteiger partial charge in [-0.3, -0.25) is 9.79 Å². The largest absolute Gasteiger partial charge is 0.461 e. The summed E-state index contributed by atoms with van der Waals surface area (Å²) in [4.78, 5) is 15.6. The second-order valence-electron chi connectivity index (χ2n) is 3.19. The number of carbonyl (C=O) groups excluding carboxylic acids is 1. The molecule has 0 spiro atoms. The van der Waals surface area contributed by atoms with Crippen molar-refractivity contribution in [1.29, 1.82) is 0 Å². The topological polar surface area (TPSA) is 42.6 Å². The maximum absolute atomic E-state index is 11.4. The van der Waals surface area contributed by atoms with E-state index in [1.165, 1.54) is 6.26 Å². The van der Waals surface area contributed by atoms with Gasteiger partial charge in [0.15, 0.2) is 5.76 Å². The molecule has 1 rings (SSSR count). The monoisotopic (exact) mass is 193 g/mol. The lowest BCUT2D eigenvalue weighted by Crippen LogP contribution is -2.00. The first-order chi connectivity index (χ1) is 6.74. The molecule has 0 aliphatic carbocycles. The van der Waals surface area contributed by atoms with Crippen LogP contribution >= 0.6 is 0 Å². The number of Topliss-reactive ketones (excluding diaryl/α,β-unsaturated/α-hetero) is 1. The number of hydrogen-bond donors (Lipinski definition) is 0. The molecule has 3 nitrogen and oxygen atoms in total. The predicted octanol–water partition coefficient (Wildman–Crippen LogP) is 2.72. The van der Waals surface area contributed by atoms with Crippen molar-refractivity contribution < 1.29 is 9.21 Å². The number of nitrogens with zero attached hydrogens (tertiary/aromatic N) is 1. The molecule has 0 radical (unpaired) electrons. The molecule has 1 atom stereocenters. The van der Waals surface area contributed by atoms with E-state index in [0.29, 0.717) is 18.2 Å². The smallest absolute Gasteiger partial charge is 0.203 e. The highest BCUT2D eigenvalue weighted by atomic mass is 16.3. The third kappa shape index (κ3) is 3.17. The summed E-state index contributed by atoms with van der Waals surface area (Å²) in [5.74, 6) is 0.377. The molecule has 0 saturated heterocycles. The van der Waals surface area contributed by atoms with Crippen molar-refractivity contribution in [2.75, 3.05) is 0 Å². The van der Waals surface area contributed by atoms with E-state index in [-0.39, 0.29) is 5.78 Å². The van der Waals surface area contributed by atoms with Crippen LogP contribution < -0.4 is 0 Å². The summed E-state index contributed by atoms with van der Waals surface area (Å²) >= 11 is 0. The first kappa shape index (κ1) is 10.7. The van der Waals surface area contributed by atoms with E-state index in [1.807, 2.05) is 6.92 Å². The second-order valence-corrected chi connectivity index (χ2v) is 3.19. The van der Waals surface area contributed by atoms with Crippen LogP contribution in [0.1, 0.15) is 37.2 Å². The summed E-state index contributed by atoms with van der Waals surface area (Å²) in [6.45, 7) is 4.09. The van der Waals surface area contributed by atoms with Gasteiger partial charge in [-0.05, 0) is 25.5 Å². The van der Waals surface area contributed by atoms with Gasteiger partial charge in [-0.1, -0.05) is 6.92 Å². The van der Waals surface area contributed by atoms with Crippen LogP contribution in [0.15, 0.2) is 27.8 Å². The Hall–Kier alpha value is -1.38. The summed E-state index contributed by atoms with van der Waals surface area (Å²) in [6.07, 6.45) is 4.47. The van der Waals surface area contributed by atoms with Crippen molar-refractivity contribution >= 4 is 12.0 Å². The maximum Gasteiger partial charge on any atom is 0.203 e. The molecule has 0 aliphatic rings. The van der Waals surface area contributed by atoms with E-state index in [1.54, 1.807) is 18.3 Å². The lowest BCUT2D eigenvalue weighted by Gasteiger charge is -1.98. The molecule has 0 amide bonds. The van der Waals surface area contributed by atoms with Crippen LogP contribution in [-0.4, -0.2) is 18.0 Å². The summed E-state index contributed by atoms with van der Waals surface area (Å²) in [6, 6.07) is 3.66. The van der Waals surface area contributed by atoms with Crippen molar-refractivity contribution in [3.63, 3.8) is 0 Å². The van der Waals surface area contributed by atoms with Crippen molar-refractivity contribution in [2.24, 2.45) is 4.99 Å². The van der Waals surface area contributed by atoms with Gasteiger partial charge in [0.1, 0.15) is 0 Å². The molecule has 14 heavy (non-hydrogen) atoms. The molecule has 76 valence electrons. The first-order valence-electron chi connectivity index (χ1n) is 4.82. The van der Waals surface area contributed by atoms with E-state index < -0.39 is 0 Å². The average Bonchev–Trinajstić information content (AvgIpc) is 2.70. The molecule has 1 heterocycles. The SMILES string of the molecule is CCC(C)N=CCC(=O)c1ccco1. The molecule has 0 N–H and O–H groups in total. The summed E-state index contributed by atoms with van der Waals surface area (Å²) in [7, 11) is 0. The number of rotatable bonds is 5. The molecule has 0 fully saturated rings. The van der Waals surface area contributed by atoms with Crippen LogP contribution in [0.3, 0.4) is 0 Å². The van der Waals surface area contributed by atoms with Gasteiger partial charge in [0, 0.05) is 18.7 Å². The normalized spacial score (nSPS) is 13.3. The maximum atomic E-state index is 11.4.